The Hall–Kier alpha value is -3.53. The van der Waals surface area contributed by atoms with Crippen molar-refractivity contribution in [3.63, 3.8) is 0 Å². The molecule has 0 radical (unpaired) electrons. The van der Waals surface area contributed by atoms with Gasteiger partial charge in [-0.1, -0.05) is 6.07 Å². The van der Waals surface area contributed by atoms with Crippen LogP contribution in [-0.4, -0.2) is 31.9 Å². The van der Waals surface area contributed by atoms with Crippen molar-refractivity contribution >= 4 is 16.9 Å². The number of carbonyl (C=O) groups excluding carboxylic acids is 1. The number of benzene rings is 2. The summed E-state index contributed by atoms with van der Waals surface area (Å²) in [6.45, 7) is 7.46. The van der Waals surface area contributed by atoms with Gasteiger partial charge in [0, 0.05) is 12.7 Å². The van der Waals surface area contributed by atoms with Gasteiger partial charge in [-0.05, 0) is 63.1 Å². The Morgan fingerprint density at radius 1 is 1.03 bits per heavy atom. The summed E-state index contributed by atoms with van der Waals surface area (Å²) in [5.41, 5.74) is 0.148. The highest BCUT2D eigenvalue weighted by Gasteiger charge is 2.40. The Bertz CT molecular complexity index is 1240. The van der Waals surface area contributed by atoms with Crippen LogP contribution in [0.15, 0.2) is 45.6 Å². The molecule has 0 fully saturated rings. The minimum absolute atomic E-state index is 0.0195. The van der Waals surface area contributed by atoms with Gasteiger partial charge in [0.05, 0.1) is 12.0 Å². The Balaban J connectivity index is 1.93. The molecule has 1 heterocycles. The van der Waals surface area contributed by atoms with Gasteiger partial charge in [0.15, 0.2) is 6.10 Å². The van der Waals surface area contributed by atoms with E-state index >= 15 is 0 Å². The van der Waals surface area contributed by atoms with Gasteiger partial charge in [0.2, 0.25) is 11.2 Å². The minimum Gasteiger partial charge on any atom is -0.479 e. The fourth-order valence-electron chi connectivity index (χ4n) is 3.33. The molecular weight excluding hydrogens is 469 g/mol. The van der Waals surface area contributed by atoms with E-state index in [1.807, 2.05) is 6.07 Å². The minimum atomic E-state index is -5.00. The largest absolute Gasteiger partial charge is 0.479 e. The highest BCUT2D eigenvalue weighted by atomic mass is 19.4. The number of alkyl halides is 3. The Morgan fingerprint density at radius 2 is 1.71 bits per heavy atom. The Labute approximate surface area is 199 Å². The molecule has 35 heavy (non-hydrogen) atoms. The lowest BCUT2D eigenvalue weighted by Gasteiger charge is -2.16. The molecule has 3 aromatic rings. The van der Waals surface area contributed by atoms with Crippen LogP contribution in [0.5, 0.6) is 17.2 Å². The van der Waals surface area contributed by atoms with E-state index in [0.717, 1.165) is 17.2 Å². The van der Waals surface area contributed by atoms with E-state index < -0.39 is 35.2 Å². The number of hydrogen-bond donors (Lipinski definition) is 0. The van der Waals surface area contributed by atoms with E-state index in [9.17, 15) is 22.8 Å². The van der Waals surface area contributed by atoms with Crippen molar-refractivity contribution in [3.05, 3.63) is 63.5 Å². The van der Waals surface area contributed by atoms with Crippen LogP contribution in [0.2, 0.25) is 0 Å². The van der Waals surface area contributed by atoms with Gasteiger partial charge < -0.3 is 23.4 Å². The second-order valence-electron chi connectivity index (χ2n) is 7.80. The van der Waals surface area contributed by atoms with Gasteiger partial charge in [-0.2, -0.15) is 13.2 Å². The summed E-state index contributed by atoms with van der Waals surface area (Å²) in [7, 11) is 0. The maximum Gasteiger partial charge on any atom is 0.453 e. The zero-order valence-corrected chi connectivity index (χ0v) is 19.7. The lowest BCUT2D eigenvalue weighted by molar-refractivity contribution is -0.154. The molecule has 0 N–H and O–H groups in total. The third-order valence-corrected chi connectivity index (χ3v) is 4.82. The summed E-state index contributed by atoms with van der Waals surface area (Å²) in [5, 5.41) is -0.142. The van der Waals surface area contributed by atoms with E-state index in [-0.39, 0.29) is 35.7 Å². The summed E-state index contributed by atoms with van der Waals surface area (Å²) < 4.78 is 67.4. The number of carbonyl (C=O) groups is 1. The molecule has 0 amide bonds. The first kappa shape index (κ1) is 26.1. The molecule has 188 valence electrons. The fraction of sp³-hybridized carbons (Fsp3) is 0.360. The number of rotatable bonds is 9. The molecule has 0 unspecified atom stereocenters. The number of aryl methyl sites for hydroxylation is 2. The maximum atomic E-state index is 13.8. The van der Waals surface area contributed by atoms with Crippen molar-refractivity contribution < 1.29 is 41.3 Å². The Morgan fingerprint density at radius 3 is 2.34 bits per heavy atom. The fourth-order valence-corrected chi connectivity index (χ4v) is 3.33. The lowest BCUT2D eigenvalue weighted by Crippen LogP contribution is -2.27. The molecule has 0 aliphatic heterocycles. The third-order valence-electron chi connectivity index (χ3n) is 4.82. The molecule has 0 saturated heterocycles. The number of esters is 1. The monoisotopic (exact) mass is 494 g/mol. The SMILES string of the molecule is CCOCCOC(=O)[C@H](C)Oc1ccc2c(=O)c(Oc3cc(C)cc(C)c3)c(C(F)(F)F)oc2c1. The van der Waals surface area contributed by atoms with Crippen LogP contribution in [0.3, 0.4) is 0 Å². The normalized spacial score (nSPS) is 12.4. The predicted octanol–water partition coefficient (Wildman–Crippen LogP) is 5.57. The summed E-state index contributed by atoms with van der Waals surface area (Å²) in [6, 6.07) is 8.55. The van der Waals surface area contributed by atoms with Gasteiger partial charge in [0.1, 0.15) is 23.7 Å². The molecule has 0 aliphatic carbocycles. The topological polar surface area (TPSA) is 84.2 Å². The first-order valence-corrected chi connectivity index (χ1v) is 10.8. The van der Waals surface area contributed by atoms with Gasteiger partial charge >= 0.3 is 12.1 Å². The van der Waals surface area contributed by atoms with Crippen LogP contribution in [0.4, 0.5) is 13.2 Å². The van der Waals surface area contributed by atoms with Crippen molar-refractivity contribution in [3.8, 4) is 17.2 Å². The molecule has 0 spiro atoms. The summed E-state index contributed by atoms with van der Waals surface area (Å²) >= 11 is 0. The van der Waals surface area contributed by atoms with Crippen LogP contribution < -0.4 is 14.9 Å². The van der Waals surface area contributed by atoms with Crippen molar-refractivity contribution in [1.29, 1.82) is 0 Å². The molecule has 2 aromatic carbocycles. The number of ether oxygens (including phenoxy) is 4. The quantitative estimate of drug-likeness (QED) is 0.284. The molecule has 7 nitrogen and oxygen atoms in total. The van der Waals surface area contributed by atoms with Crippen LogP contribution in [0.25, 0.3) is 11.0 Å². The average molecular weight is 494 g/mol. The van der Waals surface area contributed by atoms with Crippen molar-refractivity contribution in [2.45, 2.75) is 40.0 Å². The highest BCUT2D eigenvalue weighted by Crippen LogP contribution is 2.39. The number of halogens is 3. The van der Waals surface area contributed by atoms with Crippen LogP contribution in [-0.2, 0) is 20.4 Å². The smallest absolute Gasteiger partial charge is 0.453 e. The van der Waals surface area contributed by atoms with Crippen LogP contribution in [0, 0.1) is 13.8 Å². The molecule has 3 rings (SSSR count). The first-order chi connectivity index (χ1) is 16.5. The predicted molar refractivity (Wildman–Crippen MR) is 121 cm³/mol. The van der Waals surface area contributed by atoms with E-state index in [1.54, 1.807) is 20.8 Å². The molecular formula is C25H25F3O7. The molecule has 0 aliphatic rings. The van der Waals surface area contributed by atoms with Crippen LogP contribution >= 0.6 is 0 Å². The van der Waals surface area contributed by atoms with Crippen molar-refractivity contribution in [1.82, 2.24) is 0 Å². The number of fused-ring (bicyclic) bond motifs is 1. The molecule has 10 heteroatoms. The maximum absolute atomic E-state index is 13.8. The average Bonchev–Trinajstić information content (AvgIpc) is 2.76. The molecule has 1 aromatic heterocycles. The highest BCUT2D eigenvalue weighted by molar-refractivity contribution is 5.80. The van der Waals surface area contributed by atoms with E-state index in [4.69, 9.17) is 23.4 Å². The van der Waals surface area contributed by atoms with Crippen LogP contribution in [0.1, 0.15) is 30.7 Å². The van der Waals surface area contributed by atoms with Crippen molar-refractivity contribution in [2.24, 2.45) is 0 Å². The molecule has 1 atom stereocenters. The first-order valence-electron chi connectivity index (χ1n) is 10.8. The summed E-state index contributed by atoms with van der Waals surface area (Å²) in [5.74, 6) is -3.12. The van der Waals surface area contributed by atoms with E-state index in [0.29, 0.717) is 6.61 Å². The van der Waals surface area contributed by atoms with Gasteiger partial charge in [-0.25, -0.2) is 4.79 Å². The second kappa shape index (κ2) is 10.8. The summed E-state index contributed by atoms with van der Waals surface area (Å²) in [4.78, 5) is 25.0. The standard InChI is InChI=1S/C25H25F3O7/c1-5-31-8-9-32-24(30)16(4)33-17-6-7-19-20(13-17)35-23(25(26,27)28)22(21(19)29)34-18-11-14(2)10-15(3)12-18/h6-7,10-13,16H,5,8-9H2,1-4H3/t16-/m0/s1. The van der Waals surface area contributed by atoms with E-state index in [2.05, 4.69) is 0 Å². The number of hydrogen-bond acceptors (Lipinski definition) is 7. The Kier molecular flexibility index (Phi) is 8.06. The zero-order chi connectivity index (χ0) is 25.8. The van der Waals surface area contributed by atoms with Crippen molar-refractivity contribution in [2.75, 3.05) is 19.8 Å². The molecule has 0 bridgehead atoms. The van der Waals surface area contributed by atoms with E-state index in [1.165, 1.54) is 31.2 Å². The summed E-state index contributed by atoms with van der Waals surface area (Å²) in [6.07, 6.45) is -6.06. The third kappa shape index (κ3) is 6.54. The zero-order valence-electron chi connectivity index (χ0n) is 19.7. The van der Waals surface area contributed by atoms with Gasteiger partial charge in [-0.15, -0.1) is 0 Å². The second-order valence-corrected chi connectivity index (χ2v) is 7.80. The molecule has 0 saturated carbocycles. The lowest BCUT2D eigenvalue weighted by atomic mass is 10.1. The van der Waals surface area contributed by atoms with Gasteiger partial charge in [-0.3, -0.25) is 4.79 Å². The van der Waals surface area contributed by atoms with Gasteiger partial charge in [0.25, 0.3) is 5.76 Å².